The summed E-state index contributed by atoms with van der Waals surface area (Å²) >= 11 is 1.88. The van der Waals surface area contributed by atoms with Crippen LogP contribution in [0.15, 0.2) is 188 Å². The fourth-order valence-corrected chi connectivity index (χ4v) is 11.3. The lowest BCUT2D eigenvalue weighted by atomic mass is 9.81. The molecule has 350 valence electrons. The van der Waals surface area contributed by atoms with Gasteiger partial charge in [-0.3, -0.25) is 0 Å². The number of aryl methyl sites for hydroxylation is 7. The maximum Gasteiger partial charge on any atom is 0.0355 e. The molecule has 0 spiro atoms. The molecule has 1 atom stereocenters. The average molecular weight is 939 g/mol. The maximum atomic E-state index is 2.40. The Morgan fingerprint density at radius 1 is 0.464 bits per heavy atom. The molecule has 0 amide bonds. The van der Waals surface area contributed by atoms with Gasteiger partial charge in [0.05, 0.1) is 0 Å². The van der Waals surface area contributed by atoms with Gasteiger partial charge in [0, 0.05) is 25.6 Å². The van der Waals surface area contributed by atoms with Gasteiger partial charge in [-0.25, -0.2) is 0 Å². The Balaban J connectivity index is 0.000000132. The van der Waals surface area contributed by atoms with Crippen LogP contribution < -0.4 is 5.30 Å². The first-order valence-corrected chi connectivity index (χ1v) is 27.0. The van der Waals surface area contributed by atoms with Gasteiger partial charge in [0.25, 0.3) is 0 Å². The van der Waals surface area contributed by atoms with Crippen LogP contribution in [0.5, 0.6) is 0 Å². The number of benzene rings is 9. The lowest BCUT2D eigenvalue weighted by Gasteiger charge is -2.22. The highest BCUT2D eigenvalue weighted by atomic mass is 32.1. The van der Waals surface area contributed by atoms with E-state index in [9.17, 15) is 0 Å². The van der Waals surface area contributed by atoms with Crippen molar-refractivity contribution in [1.29, 1.82) is 0 Å². The van der Waals surface area contributed by atoms with E-state index in [1.54, 1.807) is 0 Å². The molecule has 0 nitrogen and oxygen atoms in total. The van der Waals surface area contributed by atoms with Crippen molar-refractivity contribution in [3.63, 3.8) is 0 Å². The van der Waals surface area contributed by atoms with E-state index < -0.39 is 0 Å². The van der Waals surface area contributed by atoms with E-state index in [0.29, 0.717) is 5.92 Å². The van der Waals surface area contributed by atoms with Crippen molar-refractivity contribution in [3.05, 3.63) is 244 Å². The first-order chi connectivity index (χ1) is 33.2. The van der Waals surface area contributed by atoms with Crippen molar-refractivity contribution in [2.24, 2.45) is 0 Å². The second kappa shape index (κ2) is 23.0. The number of thiophene rings is 1. The Labute approximate surface area is 420 Å². The molecule has 0 saturated carbocycles. The molecule has 10 aromatic rings. The Morgan fingerprint density at radius 3 is 1.71 bits per heavy atom. The monoisotopic (exact) mass is 939 g/mol. The molecule has 0 saturated heterocycles. The third-order valence-electron chi connectivity index (χ3n) is 13.2. The van der Waals surface area contributed by atoms with Gasteiger partial charge >= 0.3 is 0 Å². The highest BCUT2D eigenvalue weighted by Gasteiger charge is 2.36. The molecule has 0 bridgehead atoms. The van der Waals surface area contributed by atoms with Crippen molar-refractivity contribution in [1.82, 2.24) is 0 Å². The molecule has 1 heterocycles. The predicted octanol–water partition coefficient (Wildman–Crippen LogP) is 19.4. The van der Waals surface area contributed by atoms with E-state index in [-0.39, 0.29) is 5.41 Å². The predicted molar refractivity (Wildman–Crippen MR) is 311 cm³/mol. The second-order valence-corrected chi connectivity index (χ2v) is 21.7. The van der Waals surface area contributed by atoms with Crippen molar-refractivity contribution >= 4 is 56.2 Å². The van der Waals surface area contributed by atoms with Crippen LogP contribution in [0, 0.1) is 41.5 Å². The van der Waals surface area contributed by atoms with Crippen molar-refractivity contribution < 1.29 is 0 Å². The molecule has 2 heteroatoms. The van der Waals surface area contributed by atoms with Gasteiger partial charge in [0.1, 0.15) is 0 Å². The molecule has 0 N–H and O–H groups in total. The van der Waals surface area contributed by atoms with Gasteiger partial charge in [0.2, 0.25) is 0 Å². The normalized spacial score (nSPS) is 12.0. The van der Waals surface area contributed by atoms with E-state index in [1.165, 1.54) is 114 Å². The summed E-state index contributed by atoms with van der Waals surface area (Å²) in [6.45, 7) is 26.5. The first kappa shape index (κ1) is 50.8. The van der Waals surface area contributed by atoms with Crippen molar-refractivity contribution in [3.8, 4) is 22.3 Å². The van der Waals surface area contributed by atoms with Gasteiger partial charge in [-0.2, -0.15) is 0 Å². The molecule has 0 radical (unpaired) electrons. The van der Waals surface area contributed by atoms with Crippen LogP contribution in [0.1, 0.15) is 96.2 Å². The molecule has 69 heavy (non-hydrogen) atoms. The lowest BCUT2D eigenvalue weighted by molar-refractivity contribution is 0.659. The van der Waals surface area contributed by atoms with E-state index in [0.717, 1.165) is 15.0 Å². The average Bonchev–Trinajstić information content (AvgIpc) is 3.83. The molecular weight excluding hydrogens is 868 g/mol. The van der Waals surface area contributed by atoms with Crippen LogP contribution in [-0.4, -0.2) is 6.66 Å². The maximum absolute atomic E-state index is 2.40. The molecule has 9 aromatic carbocycles. The van der Waals surface area contributed by atoms with Gasteiger partial charge in [0.15, 0.2) is 0 Å². The fourth-order valence-electron chi connectivity index (χ4n) is 9.59. The Hall–Kier alpha value is -6.11. The van der Waals surface area contributed by atoms with Crippen LogP contribution >= 0.6 is 19.9 Å². The number of hydrogen-bond acceptors (Lipinski definition) is 1. The topological polar surface area (TPSA) is 0 Å². The van der Waals surface area contributed by atoms with E-state index >= 15 is 0 Å². The Bertz CT molecular complexity index is 3240. The summed E-state index contributed by atoms with van der Waals surface area (Å²) in [7, 11) is 0.929. The molecule has 1 unspecified atom stereocenters. The zero-order valence-corrected chi connectivity index (χ0v) is 44.9. The van der Waals surface area contributed by atoms with Gasteiger partial charge < -0.3 is 0 Å². The second-order valence-electron chi connectivity index (χ2n) is 19.5. The van der Waals surface area contributed by atoms with Gasteiger partial charge in [-0.1, -0.05) is 241 Å². The molecule has 1 aromatic heterocycles. The van der Waals surface area contributed by atoms with Crippen LogP contribution in [0.25, 0.3) is 53.2 Å². The third-order valence-corrected chi connectivity index (χ3v) is 15.3. The molecule has 0 fully saturated rings. The van der Waals surface area contributed by atoms with E-state index in [2.05, 4.69) is 265 Å². The van der Waals surface area contributed by atoms with E-state index in [4.69, 9.17) is 0 Å². The number of rotatable bonds is 4. The van der Waals surface area contributed by atoms with Crippen LogP contribution in [-0.2, 0) is 11.8 Å². The molecular formula is C67H71PS. The van der Waals surface area contributed by atoms with Crippen LogP contribution in [0.4, 0.5) is 0 Å². The number of fused-ring (bicyclic) bond motifs is 8. The summed E-state index contributed by atoms with van der Waals surface area (Å²) in [5.74, 6) is 0.600. The summed E-state index contributed by atoms with van der Waals surface area (Å²) in [4.78, 5) is 0. The highest BCUT2D eigenvalue weighted by Crippen LogP contribution is 2.52. The van der Waals surface area contributed by atoms with Gasteiger partial charge in [-0.05, 0) is 145 Å². The standard InChI is InChI=1S/C21H20.C15H14S.C13H12.C9H13P.C9H12/c1-13-9-10-17-18(11-13)21(3,4)19-12-14(2)15-7-5-6-8-16(15)20(17)19;1-10(2)11-7-8-15-13(9-11)12-5-3-4-6-14(12)16-15;1-11-6-5-9-13(10-11)12-7-3-2-4-8-12;1-3-8-5-4-6-9(7-8)10-2;1-7-4-8(2)6-9(3)5-7/h5-12H,1-4H3;3-10H,1-2H3;2-10H,1H3;4-7,10H,3H2,1-2H3;4-6H,1-3H3. The smallest absolute Gasteiger partial charge is 0.0355 e. The molecule has 0 aliphatic heterocycles. The summed E-state index contributed by atoms with van der Waals surface area (Å²) in [5.41, 5.74) is 19.4. The fraction of sp³-hybridized carbons (Fsp3) is 0.224. The summed E-state index contributed by atoms with van der Waals surface area (Å²) in [6.07, 6.45) is 1.15. The number of hydrogen-bond donors (Lipinski definition) is 0. The SMILES string of the molecule is CC(C)c1ccc2sc3ccccc3c2c1.CCc1cccc(PC)c1.Cc1cc(C)cc(C)c1.Cc1ccc2c(c1)C(C)(C)c1cc(C)c3ccccc3c1-2.Cc1cccc(-c2ccccc2)c1. The van der Waals surface area contributed by atoms with Crippen molar-refractivity contribution in [2.75, 3.05) is 6.66 Å². The zero-order valence-electron chi connectivity index (χ0n) is 43.1. The minimum atomic E-state index is 0.0888. The van der Waals surface area contributed by atoms with E-state index in [1.807, 2.05) is 17.4 Å². The zero-order chi connectivity index (χ0) is 49.2. The van der Waals surface area contributed by atoms with Crippen LogP contribution in [0.2, 0.25) is 0 Å². The molecule has 1 aliphatic rings. The summed E-state index contributed by atoms with van der Waals surface area (Å²) < 4.78 is 2.78. The Morgan fingerprint density at radius 2 is 1.06 bits per heavy atom. The minimum Gasteiger partial charge on any atom is -0.135 e. The highest BCUT2D eigenvalue weighted by molar-refractivity contribution is 7.46. The van der Waals surface area contributed by atoms with Crippen molar-refractivity contribution in [2.45, 2.75) is 93.9 Å². The van der Waals surface area contributed by atoms with Gasteiger partial charge in [-0.15, -0.1) is 11.3 Å². The van der Waals surface area contributed by atoms with Crippen LogP contribution in [0.3, 0.4) is 0 Å². The minimum absolute atomic E-state index is 0.0888. The lowest BCUT2D eigenvalue weighted by Crippen LogP contribution is -2.15. The third kappa shape index (κ3) is 12.4. The molecule has 11 rings (SSSR count). The quantitative estimate of drug-likeness (QED) is 0.154. The first-order valence-electron chi connectivity index (χ1n) is 24.7. The summed E-state index contributed by atoms with van der Waals surface area (Å²) in [6, 6.07) is 68.0. The molecule has 1 aliphatic carbocycles. The summed E-state index contributed by atoms with van der Waals surface area (Å²) in [5, 5.41) is 7.04. The largest absolute Gasteiger partial charge is 0.135 e. The Kier molecular flexibility index (Phi) is 16.9.